The highest BCUT2D eigenvalue weighted by Gasteiger charge is 2.24. The number of hydrogen-bond donors (Lipinski definition) is 2. The van der Waals surface area contributed by atoms with Crippen molar-refractivity contribution in [1.82, 2.24) is 14.7 Å². The Morgan fingerprint density at radius 2 is 2.08 bits per heavy atom. The van der Waals surface area contributed by atoms with Crippen LogP contribution in [-0.2, 0) is 10.2 Å². The van der Waals surface area contributed by atoms with Gasteiger partial charge < -0.3 is 4.90 Å². The molecule has 3 N–H and O–H groups in total. The zero-order valence-corrected chi connectivity index (χ0v) is 8.04. The Kier molecular flexibility index (Phi) is 2.74. The molecule has 1 saturated heterocycles. The topological polar surface area (TPSA) is 95.7 Å². The molecule has 8 heteroatoms. The fourth-order valence-electron chi connectivity index (χ4n) is 1.10. The van der Waals surface area contributed by atoms with Crippen molar-refractivity contribution in [2.24, 2.45) is 5.14 Å². The van der Waals surface area contributed by atoms with Crippen LogP contribution in [0.25, 0.3) is 0 Å². The minimum Gasteiger partial charge on any atom is -0.327 e. The molecule has 1 aliphatic heterocycles. The minimum atomic E-state index is -3.85. The number of nitrogens with one attached hydrogen (secondary N) is 1. The Labute approximate surface area is 76.6 Å². The van der Waals surface area contributed by atoms with Crippen molar-refractivity contribution < 1.29 is 13.2 Å². The molecule has 2 amide bonds. The van der Waals surface area contributed by atoms with Gasteiger partial charge >= 0.3 is 6.03 Å². The summed E-state index contributed by atoms with van der Waals surface area (Å²) < 4.78 is 21.2. The van der Waals surface area contributed by atoms with Crippen LogP contribution in [0.15, 0.2) is 0 Å². The molecule has 76 valence electrons. The molecule has 1 rings (SSSR count). The van der Waals surface area contributed by atoms with Crippen LogP contribution in [0.1, 0.15) is 6.42 Å². The van der Waals surface area contributed by atoms with E-state index in [0.29, 0.717) is 19.5 Å². The Morgan fingerprint density at radius 3 is 2.62 bits per heavy atom. The highest BCUT2D eigenvalue weighted by atomic mass is 32.2. The maximum absolute atomic E-state index is 11.3. The molecule has 0 aromatic carbocycles. The molecule has 1 fully saturated rings. The normalized spacial score (nSPS) is 19.4. The van der Waals surface area contributed by atoms with Crippen molar-refractivity contribution in [2.45, 2.75) is 6.42 Å². The monoisotopic (exact) mass is 208 g/mol. The van der Waals surface area contributed by atoms with Gasteiger partial charge in [-0.3, -0.25) is 0 Å². The van der Waals surface area contributed by atoms with Crippen molar-refractivity contribution in [3.8, 4) is 0 Å². The van der Waals surface area contributed by atoms with Gasteiger partial charge in [0.2, 0.25) is 0 Å². The molecule has 0 radical (unpaired) electrons. The average Bonchev–Trinajstić information content (AvgIpc) is 1.96. The molecule has 0 aromatic heterocycles. The molecular formula is C5H12N4O3S. The minimum absolute atomic E-state index is 0.347. The van der Waals surface area contributed by atoms with Crippen molar-refractivity contribution in [2.75, 3.05) is 20.1 Å². The molecule has 0 unspecified atom stereocenters. The molecule has 0 aliphatic carbocycles. The lowest BCUT2D eigenvalue weighted by Crippen LogP contribution is -2.56. The second kappa shape index (κ2) is 3.48. The summed E-state index contributed by atoms with van der Waals surface area (Å²) in [6.45, 7) is 0.973. The molecule has 1 aliphatic rings. The highest BCUT2D eigenvalue weighted by Crippen LogP contribution is 2.03. The standard InChI is InChI=1S/C5H12N4O3S/c1-8-3-2-4-9(5(8)10)7-13(6,11)12/h7H,2-4H2,1H3,(H2,6,11,12). The zero-order valence-electron chi connectivity index (χ0n) is 7.23. The summed E-state index contributed by atoms with van der Waals surface area (Å²) in [4.78, 5) is 14.6. The van der Waals surface area contributed by atoms with E-state index in [1.165, 1.54) is 4.90 Å². The molecule has 13 heavy (non-hydrogen) atoms. The van der Waals surface area contributed by atoms with Gasteiger partial charge in [-0.05, 0) is 6.42 Å². The maximum atomic E-state index is 11.3. The summed E-state index contributed by atoms with van der Waals surface area (Å²) >= 11 is 0. The van der Waals surface area contributed by atoms with E-state index in [1.807, 2.05) is 4.83 Å². The van der Waals surface area contributed by atoms with Crippen LogP contribution in [0.4, 0.5) is 4.79 Å². The van der Waals surface area contributed by atoms with Gasteiger partial charge in [-0.2, -0.15) is 8.42 Å². The molecule has 0 spiro atoms. The third kappa shape index (κ3) is 2.83. The van der Waals surface area contributed by atoms with Crippen LogP contribution < -0.4 is 9.97 Å². The van der Waals surface area contributed by atoms with Gasteiger partial charge in [0, 0.05) is 20.1 Å². The van der Waals surface area contributed by atoms with Gasteiger partial charge in [-0.1, -0.05) is 0 Å². The number of hydrazine groups is 1. The van der Waals surface area contributed by atoms with E-state index in [4.69, 9.17) is 5.14 Å². The lowest BCUT2D eigenvalue weighted by atomic mass is 10.3. The maximum Gasteiger partial charge on any atom is 0.334 e. The second-order valence-electron chi connectivity index (χ2n) is 2.85. The average molecular weight is 208 g/mol. The highest BCUT2D eigenvalue weighted by molar-refractivity contribution is 7.87. The van der Waals surface area contributed by atoms with Gasteiger partial charge in [-0.25, -0.2) is 14.9 Å². The van der Waals surface area contributed by atoms with E-state index in [1.54, 1.807) is 7.05 Å². The Morgan fingerprint density at radius 1 is 1.46 bits per heavy atom. The Bertz CT molecular complexity index is 301. The lowest BCUT2D eigenvalue weighted by Gasteiger charge is -2.32. The Hall–Kier alpha value is -0.860. The molecule has 7 nitrogen and oxygen atoms in total. The zero-order chi connectivity index (χ0) is 10.1. The first kappa shape index (κ1) is 10.2. The third-order valence-corrected chi connectivity index (χ3v) is 2.14. The van der Waals surface area contributed by atoms with E-state index >= 15 is 0 Å². The first-order valence-corrected chi connectivity index (χ1v) is 5.27. The fraction of sp³-hybridized carbons (Fsp3) is 0.800. The fourth-order valence-corrected chi connectivity index (χ4v) is 1.58. The summed E-state index contributed by atoms with van der Waals surface area (Å²) in [5.74, 6) is 0. The van der Waals surface area contributed by atoms with E-state index < -0.39 is 10.2 Å². The van der Waals surface area contributed by atoms with Crippen LogP contribution in [0, 0.1) is 0 Å². The van der Waals surface area contributed by atoms with Crippen LogP contribution in [0.2, 0.25) is 0 Å². The number of nitrogens with zero attached hydrogens (tertiary/aromatic N) is 2. The predicted molar refractivity (Wildman–Crippen MR) is 45.6 cm³/mol. The van der Waals surface area contributed by atoms with Gasteiger partial charge in [-0.15, -0.1) is 4.83 Å². The third-order valence-electron chi connectivity index (χ3n) is 1.67. The van der Waals surface area contributed by atoms with Crippen molar-refractivity contribution in [3.05, 3.63) is 0 Å². The molecule has 0 aromatic rings. The first-order valence-electron chi connectivity index (χ1n) is 3.73. The van der Waals surface area contributed by atoms with E-state index in [-0.39, 0.29) is 6.03 Å². The number of nitrogens with two attached hydrogens (primary N) is 1. The molecule has 0 atom stereocenters. The van der Waals surface area contributed by atoms with Gasteiger partial charge in [0.15, 0.2) is 0 Å². The van der Waals surface area contributed by atoms with E-state index in [0.717, 1.165) is 5.01 Å². The van der Waals surface area contributed by atoms with Crippen LogP contribution in [-0.4, -0.2) is 44.5 Å². The summed E-state index contributed by atoms with van der Waals surface area (Å²) in [5.41, 5.74) is 0. The van der Waals surface area contributed by atoms with Crippen LogP contribution in [0.3, 0.4) is 0 Å². The SMILES string of the molecule is CN1CCCN(NS(N)(=O)=O)C1=O. The molecule has 0 saturated carbocycles. The summed E-state index contributed by atoms with van der Waals surface area (Å²) in [6, 6.07) is -0.389. The number of carbonyl (C=O) groups is 1. The quantitative estimate of drug-likeness (QED) is 0.575. The largest absolute Gasteiger partial charge is 0.334 e. The number of carbonyl (C=O) groups excluding carboxylic acids is 1. The number of rotatable bonds is 2. The predicted octanol–water partition coefficient (Wildman–Crippen LogP) is -1.55. The number of urea groups is 1. The van der Waals surface area contributed by atoms with Gasteiger partial charge in [0.1, 0.15) is 0 Å². The van der Waals surface area contributed by atoms with Crippen molar-refractivity contribution in [3.63, 3.8) is 0 Å². The second-order valence-corrected chi connectivity index (χ2v) is 4.12. The summed E-state index contributed by atoms with van der Waals surface area (Å²) in [7, 11) is -2.26. The molecule has 1 heterocycles. The van der Waals surface area contributed by atoms with E-state index in [2.05, 4.69) is 0 Å². The Balaban J connectivity index is 2.65. The van der Waals surface area contributed by atoms with Gasteiger partial charge in [0.25, 0.3) is 10.2 Å². The smallest absolute Gasteiger partial charge is 0.327 e. The van der Waals surface area contributed by atoms with Gasteiger partial charge in [0.05, 0.1) is 0 Å². The van der Waals surface area contributed by atoms with Crippen LogP contribution in [0.5, 0.6) is 0 Å². The number of amides is 2. The molecular weight excluding hydrogens is 196 g/mol. The van der Waals surface area contributed by atoms with Crippen molar-refractivity contribution in [1.29, 1.82) is 0 Å². The van der Waals surface area contributed by atoms with Crippen LogP contribution >= 0.6 is 0 Å². The summed E-state index contributed by atoms with van der Waals surface area (Å²) in [6.07, 6.45) is 0.713. The van der Waals surface area contributed by atoms with E-state index in [9.17, 15) is 13.2 Å². The molecule has 0 bridgehead atoms. The lowest BCUT2D eigenvalue weighted by molar-refractivity contribution is 0.131. The number of hydrogen-bond acceptors (Lipinski definition) is 3. The van der Waals surface area contributed by atoms with Crippen molar-refractivity contribution >= 4 is 16.2 Å². The first-order chi connectivity index (χ1) is 5.90. The summed E-state index contributed by atoms with van der Waals surface area (Å²) in [5, 5.41) is 5.71.